The van der Waals surface area contributed by atoms with Gasteiger partial charge in [-0.25, -0.2) is 4.39 Å². The van der Waals surface area contributed by atoms with Crippen LogP contribution in [0.3, 0.4) is 0 Å². The Labute approximate surface area is 172 Å². The molecule has 1 unspecified atom stereocenters. The van der Waals surface area contributed by atoms with Gasteiger partial charge in [0.15, 0.2) is 0 Å². The van der Waals surface area contributed by atoms with E-state index in [2.05, 4.69) is 5.32 Å². The van der Waals surface area contributed by atoms with Crippen molar-refractivity contribution in [3.05, 3.63) is 46.4 Å². The highest BCUT2D eigenvalue weighted by atomic mass is 32.1. The maximum Gasteiger partial charge on any atom is 0.263 e. The summed E-state index contributed by atoms with van der Waals surface area (Å²) in [7, 11) is 0. The number of nitrogens with one attached hydrogen (secondary N) is 1. The minimum absolute atomic E-state index is 0.0526. The van der Waals surface area contributed by atoms with Crippen molar-refractivity contribution in [1.82, 2.24) is 4.90 Å². The third-order valence-electron chi connectivity index (χ3n) is 5.39. The fourth-order valence-corrected chi connectivity index (χ4v) is 4.57. The van der Waals surface area contributed by atoms with Gasteiger partial charge in [-0.3, -0.25) is 14.4 Å². The molecule has 0 aliphatic carbocycles. The van der Waals surface area contributed by atoms with Crippen molar-refractivity contribution in [2.75, 3.05) is 29.9 Å². The molecule has 4 rings (SSSR count). The standard InChI is InChI=1S/C21H22FN3O3S/c22-16-12-15(7-8-17(16)25-10-2-6-19(25)26)23-20(27)14-4-1-9-24(13-14)21(28)18-5-3-11-29-18/h3,5,7-8,11-12,14H,1-2,4,6,9-10,13H2,(H,23,27). The van der Waals surface area contributed by atoms with Crippen LogP contribution in [0.25, 0.3) is 0 Å². The van der Waals surface area contributed by atoms with E-state index in [4.69, 9.17) is 0 Å². The Morgan fingerprint density at radius 1 is 1.17 bits per heavy atom. The summed E-state index contributed by atoms with van der Waals surface area (Å²) in [6, 6.07) is 8.00. The van der Waals surface area contributed by atoms with Crippen molar-refractivity contribution < 1.29 is 18.8 Å². The number of carbonyl (C=O) groups is 3. The number of hydrogen-bond donors (Lipinski definition) is 1. The lowest BCUT2D eigenvalue weighted by atomic mass is 9.97. The lowest BCUT2D eigenvalue weighted by Crippen LogP contribution is -2.43. The highest BCUT2D eigenvalue weighted by Gasteiger charge is 2.30. The lowest BCUT2D eigenvalue weighted by molar-refractivity contribution is -0.121. The summed E-state index contributed by atoms with van der Waals surface area (Å²) in [6.07, 6.45) is 2.59. The van der Waals surface area contributed by atoms with Crippen LogP contribution in [0.15, 0.2) is 35.7 Å². The van der Waals surface area contributed by atoms with Gasteiger partial charge < -0.3 is 15.1 Å². The first-order chi connectivity index (χ1) is 14.0. The number of halogens is 1. The Balaban J connectivity index is 1.40. The van der Waals surface area contributed by atoms with Gasteiger partial charge in [-0.1, -0.05) is 6.07 Å². The van der Waals surface area contributed by atoms with Crippen LogP contribution in [0.4, 0.5) is 15.8 Å². The molecule has 29 heavy (non-hydrogen) atoms. The van der Waals surface area contributed by atoms with E-state index in [0.29, 0.717) is 43.0 Å². The van der Waals surface area contributed by atoms with E-state index in [9.17, 15) is 18.8 Å². The van der Waals surface area contributed by atoms with Crippen molar-refractivity contribution in [2.45, 2.75) is 25.7 Å². The average Bonchev–Trinajstić information content (AvgIpc) is 3.40. The molecule has 2 aromatic rings. The van der Waals surface area contributed by atoms with Gasteiger partial charge >= 0.3 is 0 Å². The van der Waals surface area contributed by atoms with Crippen LogP contribution in [0, 0.1) is 11.7 Å². The number of rotatable bonds is 4. The van der Waals surface area contributed by atoms with Crippen molar-refractivity contribution in [3.63, 3.8) is 0 Å². The van der Waals surface area contributed by atoms with Crippen LogP contribution in [0.5, 0.6) is 0 Å². The van der Waals surface area contributed by atoms with Crippen molar-refractivity contribution in [3.8, 4) is 0 Å². The highest BCUT2D eigenvalue weighted by Crippen LogP contribution is 2.28. The van der Waals surface area contributed by atoms with Crippen LogP contribution in [-0.4, -0.2) is 42.3 Å². The van der Waals surface area contributed by atoms with Gasteiger partial charge in [0.1, 0.15) is 5.82 Å². The Morgan fingerprint density at radius 2 is 2.03 bits per heavy atom. The molecule has 0 saturated carbocycles. The van der Waals surface area contributed by atoms with Crippen LogP contribution in [0.2, 0.25) is 0 Å². The zero-order chi connectivity index (χ0) is 20.4. The molecular weight excluding hydrogens is 393 g/mol. The fourth-order valence-electron chi connectivity index (χ4n) is 3.88. The van der Waals surface area contributed by atoms with Gasteiger partial charge in [0, 0.05) is 31.7 Å². The van der Waals surface area contributed by atoms with E-state index in [0.717, 1.165) is 12.8 Å². The molecule has 3 heterocycles. The Kier molecular flexibility index (Phi) is 5.62. The number of hydrogen-bond acceptors (Lipinski definition) is 4. The molecule has 152 valence electrons. The molecule has 3 amide bonds. The predicted molar refractivity (Wildman–Crippen MR) is 110 cm³/mol. The van der Waals surface area contributed by atoms with Crippen LogP contribution >= 0.6 is 11.3 Å². The third-order valence-corrected chi connectivity index (χ3v) is 6.25. The summed E-state index contributed by atoms with van der Waals surface area (Å²) >= 11 is 1.39. The molecule has 6 nitrogen and oxygen atoms in total. The monoisotopic (exact) mass is 415 g/mol. The lowest BCUT2D eigenvalue weighted by Gasteiger charge is -2.31. The molecule has 0 radical (unpaired) electrons. The van der Waals surface area contributed by atoms with Gasteiger partial charge in [-0.05, 0) is 48.9 Å². The minimum atomic E-state index is -0.531. The molecule has 1 aromatic carbocycles. The summed E-state index contributed by atoms with van der Waals surface area (Å²) in [5.41, 5.74) is 0.598. The van der Waals surface area contributed by atoms with Gasteiger partial charge in [0.25, 0.3) is 5.91 Å². The maximum atomic E-state index is 14.5. The molecule has 1 N–H and O–H groups in total. The molecule has 1 aromatic heterocycles. The summed E-state index contributed by atoms with van der Waals surface area (Å²) in [5, 5.41) is 4.61. The molecule has 2 aliphatic heterocycles. The van der Waals surface area contributed by atoms with Gasteiger partial charge in [-0.2, -0.15) is 0 Å². The smallest absolute Gasteiger partial charge is 0.263 e. The predicted octanol–water partition coefficient (Wildman–Crippen LogP) is 3.50. The Bertz CT molecular complexity index is 931. The first-order valence-corrected chi connectivity index (χ1v) is 10.6. The second-order valence-corrected chi connectivity index (χ2v) is 8.32. The summed E-state index contributed by atoms with van der Waals surface area (Å²) < 4.78 is 14.5. The number of anilines is 2. The fraction of sp³-hybridized carbons (Fsp3) is 0.381. The molecule has 2 saturated heterocycles. The second kappa shape index (κ2) is 8.32. The van der Waals surface area contributed by atoms with Gasteiger partial charge in [-0.15, -0.1) is 11.3 Å². The third kappa shape index (κ3) is 4.17. The molecule has 1 atom stereocenters. The number of nitrogens with zero attached hydrogens (tertiary/aromatic N) is 2. The van der Waals surface area contributed by atoms with Gasteiger partial charge in [0.2, 0.25) is 11.8 Å². The molecule has 2 aliphatic rings. The average molecular weight is 415 g/mol. The van der Waals surface area contributed by atoms with Crippen molar-refractivity contribution in [1.29, 1.82) is 0 Å². The SMILES string of the molecule is O=C(Nc1ccc(N2CCCC2=O)c(F)c1)C1CCCN(C(=O)c2cccs2)C1. The Morgan fingerprint density at radius 3 is 2.72 bits per heavy atom. The number of thiophene rings is 1. The first-order valence-electron chi connectivity index (χ1n) is 9.76. The van der Waals surface area contributed by atoms with E-state index in [1.165, 1.54) is 28.4 Å². The first kappa shape index (κ1) is 19.6. The number of carbonyl (C=O) groups excluding carboxylic acids is 3. The topological polar surface area (TPSA) is 69.7 Å². The maximum absolute atomic E-state index is 14.5. The molecule has 2 fully saturated rings. The number of amides is 3. The summed E-state index contributed by atoms with van der Waals surface area (Å²) in [6.45, 7) is 1.50. The molecule has 8 heteroatoms. The summed E-state index contributed by atoms with van der Waals surface area (Å²) in [4.78, 5) is 40.9. The van der Waals surface area contributed by atoms with Crippen molar-refractivity contribution in [2.24, 2.45) is 5.92 Å². The van der Waals surface area contributed by atoms with E-state index in [1.54, 1.807) is 17.0 Å². The van der Waals surface area contributed by atoms with E-state index in [1.807, 2.05) is 11.4 Å². The van der Waals surface area contributed by atoms with Crippen LogP contribution < -0.4 is 10.2 Å². The number of likely N-dealkylation sites (tertiary alicyclic amines) is 1. The van der Waals surface area contributed by atoms with E-state index in [-0.39, 0.29) is 29.3 Å². The minimum Gasteiger partial charge on any atom is -0.337 e. The Hall–Kier alpha value is -2.74. The quantitative estimate of drug-likeness (QED) is 0.831. The van der Waals surface area contributed by atoms with Crippen LogP contribution in [-0.2, 0) is 9.59 Å². The number of piperidine rings is 1. The van der Waals surface area contributed by atoms with E-state index >= 15 is 0 Å². The zero-order valence-electron chi connectivity index (χ0n) is 15.9. The van der Waals surface area contributed by atoms with Crippen molar-refractivity contribution >= 4 is 40.4 Å². The second-order valence-electron chi connectivity index (χ2n) is 7.37. The van der Waals surface area contributed by atoms with Crippen LogP contribution in [0.1, 0.15) is 35.4 Å². The number of benzene rings is 1. The van der Waals surface area contributed by atoms with E-state index < -0.39 is 5.82 Å². The normalized spacial score (nSPS) is 19.5. The summed E-state index contributed by atoms with van der Waals surface area (Å²) in [5.74, 6) is -1.23. The molecule has 0 spiro atoms. The molecule has 0 bridgehead atoms. The van der Waals surface area contributed by atoms with Gasteiger partial charge in [0.05, 0.1) is 16.5 Å². The largest absolute Gasteiger partial charge is 0.337 e. The zero-order valence-corrected chi connectivity index (χ0v) is 16.7. The highest BCUT2D eigenvalue weighted by molar-refractivity contribution is 7.12. The molecular formula is C21H22FN3O3S.